The van der Waals surface area contributed by atoms with Crippen LogP contribution in [0.4, 0.5) is 0 Å². The highest BCUT2D eigenvalue weighted by Crippen LogP contribution is 2.12. The minimum Gasteiger partial charge on any atom is -0.307 e. The summed E-state index contributed by atoms with van der Waals surface area (Å²) in [6.45, 7) is 6.83. The molecule has 0 amide bonds. The molecule has 1 aliphatic rings. The topological polar surface area (TPSA) is 69.7 Å². The molecule has 0 aromatic rings. The van der Waals surface area contributed by atoms with Gasteiger partial charge < -0.3 is 5.32 Å². The number of hydrogen-bond donors (Lipinski definition) is 1. The van der Waals surface area contributed by atoms with Crippen LogP contribution in [0.1, 0.15) is 40.0 Å². The quantitative estimate of drug-likeness (QED) is 0.815. The van der Waals surface area contributed by atoms with Crippen molar-refractivity contribution in [1.82, 2.24) is 15.1 Å². The third kappa shape index (κ3) is 6.12. The van der Waals surface area contributed by atoms with E-state index in [-0.39, 0.29) is 35.5 Å². The fourth-order valence-corrected chi connectivity index (χ4v) is 3.28. The molecule has 1 N–H and O–H groups in total. The van der Waals surface area contributed by atoms with Crippen molar-refractivity contribution >= 4 is 17.3 Å². The minimum absolute atomic E-state index is 0.0996. The average Bonchev–Trinajstić information content (AvgIpc) is 2.43. The maximum absolute atomic E-state index is 12.0. The SMILES string of the molecule is CC(=O)C1CCN(C)C(C(C)=O)CCN(C)C(C(C)=O)CCN1. The van der Waals surface area contributed by atoms with Gasteiger partial charge in [0.15, 0.2) is 0 Å². The van der Waals surface area contributed by atoms with Crippen molar-refractivity contribution < 1.29 is 14.4 Å². The zero-order valence-corrected chi connectivity index (χ0v) is 15.1. The summed E-state index contributed by atoms with van der Waals surface area (Å²) in [6, 6.07) is -0.563. The van der Waals surface area contributed by atoms with Crippen molar-refractivity contribution in [3.05, 3.63) is 0 Å². The van der Waals surface area contributed by atoms with E-state index in [2.05, 4.69) is 5.32 Å². The Kier molecular flexibility index (Phi) is 8.02. The highest BCUT2D eigenvalue weighted by molar-refractivity contribution is 5.82. The maximum atomic E-state index is 12.0. The molecule has 23 heavy (non-hydrogen) atoms. The Labute approximate surface area is 139 Å². The zero-order chi connectivity index (χ0) is 17.6. The second-order valence-corrected chi connectivity index (χ2v) is 6.70. The summed E-state index contributed by atoms with van der Waals surface area (Å²) in [5, 5.41) is 3.27. The molecule has 6 nitrogen and oxygen atoms in total. The molecule has 1 fully saturated rings. The standard InChI is InChI=1S/C17H31N3O3/c1-12(21)15-7-10-19(4)17(14(3)23)8-11-20(5)16(13(2)22)6-9-18-15/h15-18H,6-11H2,1-5H3. The van der Waals surface area contributed by atoms with Gasteiger partial charge in [-0.1, -0.05) is 0 Å². The van der Waals surface area contributed by atoms with Gasteiger partial charge >= 0.3 is 0 Å². The van der Waals surface area contributed by atoms with E-state index in [1.165, 1.54) is 0 Å². The molecule has 0 radical (unpaired) electrons. The first-order valence-corrected chi connectivity index (χ1v) is 8.39. The molecule has 1 heterocycles. The number of carbonyl (C=O) groups is 3. The third-order valence-electron chi connectivity index (χ3n) is 4.83. The fourth-order valence-electron chi connectivity index (χ4n) is 3.28. The molecule has 1 saturated heterocycles. The van der Waals surface area contributed by atoms with Crippen molar-refractivity contribution in [3.63, 3.8) is 0 Å². The molecule has 0 saturated carbocycles. The van der Waals surface area contributed by atoms with Gasteiger partial charge in [0.05, 0.1) is 18.1 Å². The van der Waals surface area contributed by atoms with Crippen LogP contribution in [-0.2, 0) is 14.4 Å². The highest BCUT2D eigenvalue weighted by atomic mass is 16.1. The average molecular weight is 325 g/mol. The van der Waals surface area contributed by atoms with Crippen LogP contribution in [-0.4, -0.2) is 79.0 Å². The maximum Gasteiger partial charge on any atom is 0.146 e. The number of rotatable bonds is 3. The van der Waals surface area contributed by atoms with Crippen LogP contribution in [0.5, 0.6) is 0 Å². The Balaban J connectivity index is 2.92. The third-order valence-corrected chi connectivity index (χ3v) is 4.83. The number of likely N-dealkylation sites (N-methyl/N-ethyl adjacent to an activating group) is 2. The van der Waals surface area contributed by atoms with Gasteiger partial charge in [-0.2, -0.15) is 0 Å². The van der Waals surface area contributed by atoms with E-state index in [1.54, 1.807) is 20.8 Å². The van der Waals surface area contributed by atoms with Gasteiger partial charge in [0.2, 0.25) is 0 Å². The second kappa shape index (κ2) is 9.25. The number of nitrogens with one attached hydrogen (secondary N) is 1. The molecule has 0 aromatic carbocycles. The molecule has 0 spiro atoms. The number of nitrogens with zero attached hydrogens (tertiary/aromatic N) is 2. The van der Waals surface area contributed by atoms with Gasteiger partial charge in [-0.15, -0.1) is 0 Å². The van der Waals surface area contributed by atoms with E-state index >= 15 is 0 Å². The number of ketones is 3. The monoisotopic (exact) mass is 325 g/mol. The van der Waals surface area contributed by atoms with Crippen LogP contribution in [0.3, 0.4) is 0 Å². The van der Waals surface area contributed by atoms with E-state index in [9.17, 15) is 14.4 Å². The minimum atomic E-state index is -0.220. The molecule has 6 heteroatoms. The van der Waals surface area contributed by atoms with Gasteiger partial charge in [0, 0.05) is 13.1 Å². The van der Waals surface area contributed by atoms with Crippen molar-refractivity contribution in [1.29, 1.82) is 0 Å². The van der Waals surface area contributed by atoms with E-state index in [1.807, 2.05) is 23.9 Å². The zero-order valence-electron chi connectivity index (χ0n) is 15.1. The molecule has 0 aliphatic carbocycles. The van der Waals surface area contributed by atoms with Gasteiger partial charge in [-0.25, -0.2) is 0 Å². The Morgan fingerprint density at radius 1 is 0.783 bits per heavy atom. The lowest BCUT2D eigenvalue weighted by Crippen LogP contribution is -2.48. The molecule has 3 unspecified atom stereocenters. The van der Waals surface area contributed by atoms with Crippen LogP contribution in [0, 0.1) is 0 Å². The number of hydrogen-bond acceptors (Lipinski definition) is 6. The number of Topliss-reactive ketones (excluding diaryl/α,β-unsaturated/α-hetero) is 3. The highest BCUT2D eigenvalue weighted by Gasteiger charge is 2.26. The predicted molar refractivity (Wildman–Crippen MR) is 90.5 cm³/mol. The predicted octanol–water partition coefficient (Wildman–Crippen LogP) is 0.496. The molecule has 1 rings (SSSR count). The molecule has 0 bridgehead atoms. The van der Waals surface area contributed by atoms with Crippen LogP contribution >= 0.6 is 0 Å². The number of carbonyl (C=O) groups excluding carboxylic acids is 3. The molecule has 3 atom stereocenters. The van der Waals surface area contributed by atoms with Crippen LogP contribution in [0.15, 0.2) is 0 Å². The lowest BCUT2D eigenvalue weighted by atomic mass is 10.0. The molecule has 132 valence electrons. The van der Waals surface area contributed by atoms with E-state index in [4.69, 9.17) is 0 Å². The lowest BCUT2D eigenvalue weighted by molar-refractivity contribution is -0.122. The van der Waals surface area contributed by atoms with E-state index in [0.717, 1.165) is 0 Å². The largest absolute Gasteiger partial charge is 0.307 e. The summed E-state index contributed by atoms with van der Waals surface area (Å²) in [5.74, 6) is 0.352. The van der Waals surface area contributed by atoms with Gasteiger partial charge in [-0.3, -0.25) is 24.2 Å². The van der Waals surface area contributed by atoms with E-state index in [0.29, 0.717) is 38.9 Å². The normalized spacial score (nSPS) is 29.3. The van der Waals surface area contributed by atoms with Crippen LogP contribution < -0.4 is 5.32 Å². The first kappa shape index (κ1) is 19.9. The summed E-state index contributed by atoms with van der Waals surface area (Å²) in [4.78, 5) is 39.7. The summed E-state index contributed by atoms with van der Waals surface area (Å²) in [7, 11) is 3.86. The van der Waals surface area contributed by atoms with Crippen molar-refractivity contribution in [2.45, 2.75) is 58.2 Å². The van der Waals surface area contributed by atoms with Crippen molar-refractivity contribution in [2.75, 3.05) is 33.7 Å². The molecule has 0 aromatic heterocycles. The van der Waals surface area contributed by atoms with Crippen LogP contribution in [0.25, 0.3) is 0 Å². The van der Waals surface area contributed by atoms with Gasteiger partial charge in [-0.05, 0) is 60.7 Å². The van der Waals surface area contributed by atoms with Crippen LogP contribution in [0.2, 0.25) is 0 Å². The Morgan fingerprint density at radius 2 is 1.26 bits per heavy atom. The molecular formula is C17H31N3O3. The Bertz CT molecular complexity index is 439. The smallest absolute Gasteiger partial charge is 0.146 e. The summed E-state index contributed by atoms with van der Waals surface area (Å²) >= 11 is 0. The fraction of sp³-hybridized carbons (Fsp3) is 0.824. The van der Waals surface area contributed by atoms with Gasteiger partial charge in [0.1, 0.15) is 17.3 Å². The van der Waals surface area contributed by atoms with Crippen molar-refractivity contribution in [3.8, 4) is 0 Å². The summed E-state index contributed by atoms with van der Waals surface area (Å²) in [5.41, 5.74) is 0. The Morgan fingerprint density at radius 3 is 1.74 bits per heavy atom. The van der Waals surface area contributed by atoms with E-state index < -0.39 is 0 Å². The Hall–Kier alpha value is -1.11. The lowest BCUT2D eigenvalue weighted by Gasteiger charge is -2.33. The van der Waals surface area contributed by atoms with Crippen molar-refractivity contribution in [2.24, 2.45) is 0 Å². The van der Waals surface area contributed by atoms with Gasteiger partial charge in [0.25, 0.3) is 0 Å². The summed E-state index contributed by atoms with van der Waals surface area (Å²) < 4.78 is 0. The first-order chi connectivity index (χ1) is 10.7. The first-order valence-electron chi connectivity index (χ1n) is 8.39. The molecular weight excluding hydrogens is 294 g/mol. The molecule has 1 aliphatic heterocycles. The summed E-state index contributed by atoms with van der Waals surface area (Å²) in [6.07, 6.45) is 2.05. The second-order valence-electron chi connectivity index (χ2n) is 6.70.